The summed E-state index contributed by atoms with van der Waals surface area (Å²) < 4.78 is 39.8. The van der Waals surface area contributed by atoms with Crippen molar-refractivity contribution in [2.24, 2.45) is 5.84 Å². The highest BCUT2D eigenvalue weighted by atomic mass is 35.5. The Kier molecular flexibility index (Phi) is 8.24. The molecule has 3 N–H and O–H groups in total. The average molecular weight is 583 g/mol. The summed E-state index contributed by atoms with van der Waals surface area (Å²) in [6, 6.07) is 19.1. The number of non-ortho nitro benzene ring substituents is 1. The molecule has 4 rings (SSSR count). The van der Waals surface area contributed by atoms with Crippen LogP contribution in [0.2, 0.25) is 5.02 Å². The minimum absolute atomic E-state index is 0.0309. The fraction of sp³-hybridized carbons (Fsp3) is 0.0741. The molecule has 0 fully saturated rings. The smallest absolute Gasteiger partial charge is 0.283 e. The van der Waals surface area contributed by atoms with E-state index in [0.717, 1.165) is 9.87 Å². The Balaban J connectivity index is 1.87. The highest BCUT2D eigenvalue weighted by molar-refractivity contribution is 7.93. The van der Waals surface area contributed by atoms with Crippen LogP contribution in [0.4, 0.5) is 11.4 Å². The lowest BCUT2D eigenvalue weighted by atomic mass is 10.1. The lowest BCUT2D eigenvalue weighted by Gasteiger charge is -2.26. The number of hydrogen-bond donors (Lipinski definition) is 2. The molecule has 0 saturated carbocycles. The number of ether oxygens (including phenoxy) is 1. The van der Waals surface area contributed by atoms with Crippen molar-refractivity contribution >= 4 is 45.0 Å². The van der Waals surface area contributed by atoms with Crippen molar-refractivity contribution < 1.29 is 27.3 Å². The first kappa shape index (κ1) is 28.4. The number of methoxy groups -OCH3 is 1. The molecule has 13 heteroatoms. The predicted octanol–water partition coefficient (Wildman–Crippen LogP) is 5.05. The number of furan rings is 1. The number of amides is 1. The summed E-state index contributed by atoms with van der Waals surface area (Å²) >= 11 is 6.32. The Labute approximate surface area is 234 Å². The number of halogens is 1. The van der Waals surface area contributed by atoms with Crippen molar-refractivity contribution in [1.29, 1.82) is 0 Å². The van der Waals surface area contributed by atoms with E-state index >= 15 is 0 Å². The van der Waals surface area contributed by atoms with Crippen molar-refractivity contribution in [2.75, 3.05) is 11.4 Å². The van der Waals surface area contributed by atoms with Crippen LogP contribution in [0.1, 0.15) is 11.3 Å². The maximum atomic E-state index is 14.0. The van der Waals surface area contributed by atoms with Gasteiger partial charge in [-0.3, -0.25) is 20.3 Å². The van der Waals surface area contributed by atoms with E-state index in [0.29, 0.717) is 17.1 Å². The number of aryl methyl sites for hydroxylation is 1. The third-order valence-electron chi connectivity index (χ3n) is 5.78. The fourth-order valence-electron chi connectivity index (χ4n) is 3.76. The number of nitrogens with zero attached hydrogens (tertiary/aromatic N) is 2. The van der Waals surface area contributed by atoms with Crippen LogP contribution < -0.4 is 20.3 Å². The fourth-order valence-corrected chi connectivity index (χ4v) is 5.49. The Morgan fingerprint density at radius 3 is 2.33 bits per heavy atom. The quantitative estimate of drug-likeness (QED) is 0.0911. The zero-order chi connectivity index (χ0) is 29.0. The molecular weight excluding hydrogens is 560 g/mol. The number of sulfonamides is 1. The van der Waals surface area contributed by atoms with Gasteiger partial charge in [0.1, 0.15) is 23.0 Å². The van der Waals surface area contributed by atoms with Gasteiger partial charge in [-0.05, 0) is 61.5 Å². The molecule has 0 spiro atoms. The van der Waals surface area contributed by atoms with Crippen LogP contribution >= 0.6 is 11.6 Å². The number of nitro groups is 1. The number of anilines is 1. The summed E-state index contributed by atoms with van der Waals surface area (Å²) in [5.41, 5.74) is 2.89. The largest absolute Gasteiger partial charge is 0.495 e. The van der Waals surface area contributed by atoms with Gasteiger partial charge in [0, 0.05) is 23.8 Å². The summed E-state index contributed by atoms with van der Waals surface area (Å²) in [6.07, 6.45) is 1.21. The molecule has 3 aromatic carbocycles. The molecular formula is C27H23ClN4O7S. The van der Waals surface area contributed by atoms with E-state index in [9.17, 15) is 23.3 Å². The normalized spacial score (nSPS) is 11.7. The molecule has 0 unspecified atom stereocenters. The Hall–Kier alpha value is -4.65. The lowest BCUT2D eigenvalue weighted by molar-refractivity contribution is -0.384. The summed E-state index contributed by atoms with van der Waals surface area (Å²) in [4.78, 5) is 23.4. The number of nitro benzene ring substituents is 1. The van der Waals surface area contributed by atoms with Crippen LogP contribution in [0.15, 0.2) is 93.9 Å². The second-order valence-corrected chi connectivity index (χ2v) is 10.6. The number of nitrogens with one attached hydrogen (secondary N) is 1. The summed E-state index contributed by atoms with van der Waals surface area (Å²) in [6.45, 7) is 1.81. The van der Waals surface area contributed by atoms with Gasteiger partial charge in [-0.1, -0.05) is 29.3 Å². The zero-order valence-corrected chi connectivity index (χ0v) is 22.8. The van der Waals surface area contributed by atoms with E-state index in [1.165, 1.54) is 73.8 Å². The third-order valence-corrected chi connectivity index (χ3v) is 7.83. The van der Waals surface area contributed by atoms with Crippen LogP contribution in [0.3, 0.4) is 0 Å². The molecule has 1 amide bonds. The third kappa shape index (κ3) is 5.83. The van der Waals surface area contributed by atoms with E-state index in [4.69, 9.17) is 26.6 Å². The van der Waals surface area contributed by atoms with Gasteiger partial charge in [-0.25, -0.2) is 18.6 Å². The summed E-state index contributed by atoms with van der Waals surface area (Å²) in [5, 5.41) is 11.1. The molecule has 1 aromatic heterocycles. The molecule has 4 aromatic rings. The van der Waals surface area contributed by atoms with E-state index < -0.39 is 26.6 Å². The van der Waals surface area contributed by atoms with Crippen LogP contribution in [-0.2, 0) is 14.8 Å². The minimum Gasteiger partial charge on any atom is -0.495 e. The maximum absolute atomic E-state index is 14.0. The molecule has 0 saturated heterocycles. The minimum atomic E-state index is -4.40. The molecule has 0 aliphatic rings. The maximum Gasteiger partial charge on any atom is 0.283 e. The second-order valence-electron chi connectivity index (χ2n) is 8.41. The zero-order valence-electron chi connectivity index (χ0n) is 21.2. The van der Waals surface area contributed by atoms with Gasteiger partial charge in [0.2, 0.25) is 0 Å². The van der Waals surface area contributed by atoms with E-state index in [-0.39, 0.29) is 27.1 Å². The standard InChI is InChI=1S/C27H23ClN4O7S/c1-17-3-11-22(12-4-17)40(36,37)31(20-9-13-26(38-2)23(28)15-20)24(27(33)30-29)16-21-10-14-25(39-21)18-5-7-19(8-6-18)32(34)35/h3-16H,29H2,1-2H3,(H,30,33)/b24-16+. The lowest BCUT2D eigenvalue weighted by Crippen LogP contribution is -2.41. The highest BCUT2D eigenvalue weighted by Crippen LogP contribution is 2.35. The molecule has 0 radical (unpaired) electrons. The number of carbonyl (C=O) groups is 1. The van der Waals surface area contributed by atoms with Gasteiger partial charge in [-0.15, -0.1) is 0 Å². The van der Waals surface area contributed by atoms with E-state index in [1.54, 1.807) is 18.2 Å². The molecule has 0 aliphatic carbocycles. The number of carbonyl (C=O) groups excluding carboxylic acids is 1. The highest BCUT2D eigenvalue weighted by Gasteiger charge is 2.32. The summed E-state index contributed by atoms with van der Waals surface area (Å²) in [5.74, 6) is 5.26. The van der Waals surface area contributed by atoms with Gasteiger partial charge >= 0.3 is 0 Å². The van der Waals surface area contributed by atoms with Crippen molar-refractivity contribution in [1.82, 2.24) is 5.43 Å². The van der Waals surface area contributed by atoms with Crippen LogP contribution in [0.25, 0.3) is 17.4 Å². The monoisotopic (exact) mass is 582 g/mol. The van der Waals surface area contributed by atoms with Gasteiger partial charge in [0.15, 0.2) is 0 Å². The average Bonchev–Trinajstić information content (AvgIpc) is 3.41. The van der Waals surface area contributed by atoms with Crippen molar-refractivity contribution in [3.8, 4) is 17.1 Å². The Morgan fingerprint density at radius 1 is 1.07 bits per heavy atom. The molecule has 206 valence electrons. The number of hydrogen-bond acceptors (Lipinski definition) is 8. The SMILES string of the molecule is COc1ccc(N(/C(=C/c2ccc(-c3ccc([N+](=O)[O-])cc3)o2)C(=O)NN)S(=O)(=O)c2ccc(C)cc2)cc1Cl. The van der Waals surface area contributed by atoms with Crippen LogP contribution in [0, 0.1) is 17.0 Å². The molecule has 0 aliphatic heterocycles. The molecule has 40 heavy (non-hydrogen) atoms. The van der Waals surface area contributed by atoms with Crippen LogP contribution in [-0.4, -0.2) is 26.4 Å². The van der Waals surface area contributed by atoms with Crippen LogP contribution in [0.5, 0.6) is 5.75 Å². The summed E-state index contributed by atoms with van der Waals surface area (Å²) in [7, 11) is -2.99. The first-order chi connectivity index (χ1) is 19.0. The number of rotatable bonds is 9. The van der Waals surface area contributed by atoms with Gasteiger partial charge in [0.05, 0.1) is 27.6 Å². The molecule has 11 nitrogen and oxygen atoms in total. The molecule has 0 atom stereocenters. The number of benzene rings is 3. The van der Waals surface area contributed by atoms with E-state index in [1.807, 2.05) is 12.3 Å². The number of nitrogens with two attached hydrogens (primary N) is 1. The second kappa shape index (κ2) is 11.6. The Morgan fingerprint density at radius 2 is 1.75 bits per heavy atom. The van der Waals surface area contributed by atoms with Crippen molar-refractivity contribution in [2.45, 2.75) is 11.8 Å². The van der Waals surface area contributed by atoms with Gasteiger partial charge in [-0.2, -0.15) is 0 Å². The molecule has 0 bridgehead atoms. The van der Waals surface area contributed by atoms with Crippen molar-refractivity contribution in [3.05, 3.63) is 111 Å². The first-order valence-electron chi connectivity index (χ1n) is 11.6. The van der Waals surface area contributed by atoms with Crippen molar-refractivity contribution in [3.63, 3.8) is 0 Å². The van der Waals surface area contributed by atoms with Gasteiger partial charge < -0.3 is 9.15 Å². The first-order valence-corrected chi connectivity index (χ1v) is 13.4. The van der Waals surface area contributed by atoms with Gasteiger partial charge in [0.25, 0.3) is 21.6 Å². The topological polar surface area (TPSA) is 158 Å². The Bertz CT molecular complexity index is 1700. The predicted molar refractivity (Wildman–Crippen MR) is 150 cm³/mol. The molecule has 1 heterocycles. The van der Waals surface area contributed by atoms with E-state index in [2.05, 4.69) is 0 Å². The number of hydrazine groups is 1.